The maximum absolute atomic E-state index is 12.6. The van der Waals surface area contributed by atoms with Crippen LogP contribution in [0.1, 0.15) is 51.6 Å². The van der Waals surface area contributed by atoms with Crippen molar-refractivity contribution in [1.29, 1.82) is 0 Å². The summed E-state index contributed by atoms with van der Waals surface area (Å²) in [5, 5.41) is 5.58. The number of nitrogens with zero attached hydrogens (tertiary/aromatic N) is 1. The van der Waals surface area contributed by atoms with Gasteiger partial charge in [-0.15, -0.1) is 11.3 Å². The van der Waals surface area contributed by atoms with Gasteiger partial charge in [-0.1, -0.05) is 13.8 Å². The Hall–Kier alpha value is -0.980. The van der Waals surface area contributed by atoms with Gasteiger partial charge in [0.05, 0.1) is 11.8 Å². The molecule has 1 heterocycles. The second kappa shape index (κ2) is 5.04. The first-order valence-electron chi connectivity index (χ1n) is 7.56. The first-order chi connectivity index (χ1) is 9.88. The van der Waals surface area contributed by atoms with Crippen molar-refractivity contribution in [3.8, 4) is 0 Å². The van der Waals surface area contributed by atoms with E-state index in [1.807, 2.05) is 26.2 Å². The van der Waals surface area contributed by atoms with Crippen molar-refractivity contribution in [2.24, 2.45) is 11.1 Å². The Kier molecular flexibility index (Phi) is 3.58. The fraction of sp³-hybridized carbons (Fsp3) is 0.733. The van der Waals surface area contributed by atoms with Crippen LogP contribution in [0.5, 0.6) is 0 Å². The van der Waals surface area contributed by atoms with E-state index in [0.717, 1.165) is 5.69 Å². The van der Waals surface area contributed by atoms with Gasteiger partial charge in [0.1, 0.15) is 5.54 Å². The summed E-state index contributed by atoms with van der Waals surface area (Å²) in [5.41, 5.74) is 6.19. The van der Waals surface area contributed by atoms with Crippen molar-refractivity contribution in [2.75, 3.05) is 11.9 Å². The van der Waals surface area contributed by atoms with Gasteiger partial charge in [-0.05, 0) is 19.8 Å². The maximum Gasteiger partial charge on any atom is 0.246 e. The summed E-state index contributed by atoms with van der Waals surface area (Å²) in [5.74, 6) is 0.446. The molecule has 2 unspecified atom stereocenters. The highest BCUT2D eigenvalue weighted by atomic mass is 32.1. The molecular weight excluding hydrogens is 286 g/mol. The molecule has 0 aliphatic heterocycles. The van der Waals surface area contributed by atoms with Gasteiger partial charge in [-0.3, -0.25) is 4.79 Å². The molecule has 2 fully saturated rings. The molecule has 21 heavy (non-hydrogen) atoms. The monoisotopic (exact) mass is 309 g/mol. The Balaban J connectivity index is 1.67. The molecule has 3 N–H and O–H groups in total. The molecule has 6 heteroatoms. The van der Waals surface area contributed by atoms with E-state index in [1.165, 1.54) is 24.2 Å². The number of rotatable bonds is 5. The summed E-state index contributed by atoms with van der Waals surface area (Å²) in [7, 11) is 0. The number of nitrogens with one attached hydrogen (secondary N) is 1. The Morgan fingerprint density at radius 2 is 2.29 bits per heavy atom. The smallest absolute Gasteiger partial charge is 0.246 e. The lowest BCUT2D eigenvalue weighted by atomic mass is 9.54. The average Bonchev–Trinajstić information content (AvgIpc) is 3.19. The number of hydrogen-bond acceptors (Lipinski definition) is 5. The van der Waals surface area contributed by atoms with Crippen LogP contribution in [0, 0.1) is 5.41 Å². The van der Waals surface area contributed by atoms with Crippen LogP contribution in [0.2, 0.25) is 0 Å². The van der Waals surface area contributed by atoms with E-state index in [4.69, 9.17) is 10.5 Å². The van der Waals surface area contributed by atoms with Crippen molar-refractivity contribution in [3.63, 3.8) is 0 Å². The van der Waals surface area contributed by atoms with E-state index in [9.17, 15) is 4.79 Å². The Morgan fingerprint density at radius 1 is 1.57 bits per heavy atom. The highest BCUT2D eigenvalue weighted by molar-refractivity contribution is 7.14. The van der Waals surface area contributed by atoms with Gasteiger partial charge in [0.25, 0.3) is 0 Å². The molecule has 116 valence electrons. The first kappa shape index (κ1) is 14.9. The van der Waals surface area contributed by atoms with Crippen molar-refractivity contribution in [1.82, 2.24) is 4.98 Å². The second-order valence-electron chi connectivity index (χ2n) is 6.65. The summed E-state index contributed by atoms with van der Waals surface area (Å²) >= 11 is 1.48. The highest BCUT2D eigenvalue weighted by Crippen LogP contribution is 2.50. The first-order valence-corrected chi connectivity index (χ1v) is 8.44. The minimum atomic E-state index is -0.891. The molecule has 1 aromatic rings. The maximum atomic E-state index is 12.6. The molecule has 5 nitrogen and oxygen atoms in total. The second-order valence-corrected chi connectivity index (χ2v) is 7.51. The number of ether oxygens (including phenoxy) is 1. The van der Waals surface area contributed by atoms with Gasteiger partial charge in [-0.25, -0.2) is 4.98 Å². The molecular formula is C15H23N3O2S. The third-order valence-corrected chi connectivity index (χ3v) is 5.75. The SMILES string of the molecule is CCOC1CC(N)(C(=O)Nc2nc(C3CC3)cs2)C1(C)C. The van der Waals surface area contributed by atoms with Crippen molar-refractivity contribution in [3.05, 3.63) is 11.1 Å². The lowest BCUT2D eigenvalue weighted by Gasteiger charge is -2.57. The molecule has 0 spiro atoms. The summed E-state index contributed by atoms with van der Waals surface area (Å²) < 4.78 is 5.66. The molecule has 0 aromatic carbocycles. The van der Waals surface area contributed by atoms with Crippen LogP contribution in [0.3, 0.4) is 0 Å². The highest BCUT2D eigenvalue weighted by Gasteiger charge is 2.63. The molecule has 1 aromatic heterocycles. The molecule has 2 aliphatic carbocycles. The fourth-order valence-corrected chi connectivity index (χ4v) is 3.73. The van der Waals surface area contributed by atoms with Gasteiger partial charge >= 0.3 is 0 Å². The number of anilines is 1. The normalized spacial score (nSPS) is 30.8. The zero-order chi connectivity index (χ0) is 15.3. The van der Waals surface area contributed by atoms with E-state index in [-0.39, 0.29) is 17.4 Å². The van der Waals surface area contributed by atoms with Crippen molar-refractivity contribution < 1.29 is 9.53 Å². The van der Waals surface area contributed by atoms with E-state index < -0.39 is 5.54 Å². The van der Waals surface area contributed by atoms with E-state index in [2.05, 4.69) is 10.3 Å². The molecule has 3 rings (SSSR count). The zero-order valence-electron chi connectivity index (χ0n) is 12.8. The predicted molar refractivity (Wildman–Crippen MR) is 83.4 cm³/mol. The molecule has 2 saturated carbocycles. The lowest BCUT2D eigenvalue weighted by Crippen LogP contribution is -2.74. The predicted octanol–water partition coefficient (Wildman–Crippen LogP) is 2.49. The lowest BCUT2D eigenvalue weighted by molar-refractivity contribution is -0.166. The number of nitrogens with two attached hydrogens (primary N) is 1. The Morgan fingerprint density at radius 3 is 2.86 bits per heavy atom. The van der Waals surface area contributed by atoms with Crippen LogP contribution in [0.15, 0.2) is 5.38 Å². The number of thiazole rings is 1. The number of carbonyl (C=O) groups is 1. The molecule has 0 saturated heterocycles. The third-order valence-electron chi connectivity index (χ3n) is 4.97. The van der Waals surface area contributed by atoms with Crippen LogP contribution in [-0.2, 0) is 9.53 Å². The molecule has 0 bridgehead atoms. The van der Waals surface area contributed by atoms with Crippen LogP contribution >= 0.6 is 11.3 Å². The Labute approximate surface area is 129 Å². The number of carbonyl (C=O) groups excluding carboxylic acids is 1. The summed E-state index contributed by atoms with van der Waals surface area (Å²) in [4.78, 5) is 17.0. The van der Waals surface area contributed by atoms with E-state index in [1.54, 1.807) is 0 Å². The number of hydrogen-bond donors (Lipinski definition) is 2. The van der Waals surface area contributed by atoms with Gasteiger partial charge in [0, 0.05) is 29.7 Å². The topological polar surface area (TPSA) is 77.2 Å². The molecule has 0 radical (unpaired) electrons. The van der Waals surface area contributed by atoms with Crippen LogP contribution < -0.4 is 11.1 Å². The number of amides is 1. The van der Waals surface area contributed by atoms with Crippen LogP contribution in [0.4, 0.5) is 5.13 Å². The van der Waals surface area contributed by atoms with Crippen LogP contribution in [0.25, 0.3) is 0 Å². The molecule has 2 aliphatic rings. The van der Waals surface area contributed by atoms with Gasteiger partial charge < -0.3 is 15.8 Å². The summed E-state index contributed by atoms with van der Waals surface area (Å²) in [6, 6.07) is 0. The molecule has 2 atom stereocenters. The van der Waals surface area contributed by atoms with Gasteiger partial charge in [-0.2, -0.15) is 0 Å². The molecule has 1 amide bonds. The van der Waals surface area contributed by atoms with Crippen molar-refractivity contribution >= 4 is 22.4 Å². The largest absolute Gasteiger partial charge is 0.378 e. The van der Waals surface area contributed by atoms with Crippen molar-refractivity contribution in [2.45, 2.75) is 57.6 Å². The summed E-state index contributed by atoms with van der Waals surface area (Å²) in [6.45, 7) is 6.59. The average molecular weight is 309 g/mol. The minimum absolute atomic E-state index is 0.0385. The fourth-order valence-electron chi connectivity index (χ4n) is 2.94. The minimum Gasteiger partial charge on any atom is -0.378 e. The van der Waals surface area contributed by atoms with Crippen LogP contribution in [-0.4, -0.2) is 29.1 Å². The quantitative estimate of drug-likeness (QED) is 0.876. The number of aromatic nitrogens is 1. The van der Waals surface area contributed by atoms with E-state index >= 15 is 0 Å². The van der Waals surface area contributed by atoms with E-state index in [0.29, 0.717) is 24.1 Å². The van der Waals surface area contributed by atoms with Gasteiger partial charge in [0.15, 0.2) is 5.13 Å². The third kappa shape index (κ3) is 2.39. The zero-order valence-corrected chi connectivity index (χ0v) is 13.6. The van der Waals surface area contributed by atoms with Gasteiger partial charge in [0.2, 0.25) is 5.91 Å². The standard InChI is InChI=1S/C15H23N3O2S/c1-4-20-11-7-15(16,14(11,2)3)12(19)18-13-17-10(8-21-13)9-5-6-9/h8-9,11H,4-7,16H2,1-3H3,(H,17,18,19). The summed E-state index contributed by atoms with van der Waals surface area (Å²) in [6.07, 6.45) is 3.01. The Bertz CT molecular complexity index is 553.